The van der Waals surface area contributed by atoms with Crippen LogP contribution in [0, 0.1) is 25.6 Å². The molecule has 0 fully saturated rings. The van der Waals surface area contributed by atoms with Crippen LogP contribution in [-0.4, -0.2) is 20.4 Å². The predicted octanol–water partition coefficient (Wildman–Crippen LogP) is 3.38. The number of benzene rings is 2. The second-order valence-electron chi connectivity index (χ2n) is 6.56. The van der Waals surface area contributed by atoms with E-state index in [9.17, 15) is 17.6 Å². The van der Waals surface area contributed by atoms with Crippen LogP contribution in [0.4, 0.5) is 10.1 Å². The molecule has 26 heavy (non-hydrogen) atoms. The van der Waals surface area contributed by atoms with Gasteiger partial charge in [-0.15, -0.1) is 0 Å². The molecule has 0 spiro atoms. The molecule has 2 aromatic carbocycles. The summed E-state index contributed by atoms with van der Waals surface area (Å²) in [6.45, 7) is 7.31. The smallest absolute Gasteiger partial charge is 0.244 e. The third-order valence-electron chi connectivity index (χ3n) is 4.13. The molecule has 0 radical (unpaired) electrons. The van der Waals surface area contributed by atoms with Gasteiger partial charge >= 0.3 is 0 Å². The summed E-state index contributed by atoms with van der Waals surface area (Å²) in [6.07, 6.45) is 0. The largest absolute Gasteiger partial charge is 0.325 e. The SMILES string of the molecule is Cc1ccc(NC(=O)[C@@H](NS(=O)(=O)c2ccccc2F)C(C)C)cc1C. The van der Waals surface area contributed by atoms with E-state index in [1.54, 1.807) is 19.9 Å². The molecule has 140 valence electrons. The van der Waals surface area contributed by atoms with E-state index in [2.05, 4.69) is 10.0 Å². The summed E-state index contributed by atoms with van der Waals surface area (Å²) >= 11 is 0. The number of halogens is 1. The Bertz CT molecular complexity index is 911. The molecule has 1 atom stereocenters. The van der Waals surface area contributed by atoms with Crippen LogP contribution in [0.25, 0.3) is 0 Å². The van der Waals surface area contributed by atoms with Gasteiger partial charge in [0, 0.05) is 5.69 Å². The zero-order chi connectivity index (χ0) is 19.5. The number of amides is 1. The molecular formula is C19H23FN2O3S. The van der Waals surface area contributed by atoms with E-state index in [0.29, 0.717) is 5.69 Å². The van der Waals surface area contributed by atoms with Gasteiger partial charge in [0.1, 0.15) is 16.8 Å². The Morgan fingerprint density at radius 3 is 2.27 bits per heavy atom. The number of nitrogens with one attached hydrogen (secondary N) is 2. The van der Waals surface area contributed by atoms with Gasteiger partial charge in [0.25, 0.3) is 0 Å². The molecule has 7 heteroatoms. The molecule has 0 heterocycles. The Kier molecular flexibility index (Phi) is 6.15. The van der Waals surface area contributed by atoms with Gasteiger partial charge in [-0.25, -0.2) is 12.8 Å². The summed E-state index contributed by atoms with van der Waals surface area (Å²) in [5.41, 5.74) is 2.67. The van der Waals surface area contributed by atoms with Crippen molar-refractivity contribution in [1.29, 1.82) is 0 Å². The van der Waals surface area contributed by atoms with Crippen molar-refractivity contribution >= 4 is 21.6 Å². The quantitative estimate of drug-likeness (QED) is 0.809. The highest BCUT2D eigenvalue weighted by Gasteiger charge is 2.29. The Morgan fingerprint density at radius 1 is 1.04 bits per heavy atom. The van der Waals surface area contributed by atoms with Crippen LogP contribution < -0.4 is 10.0 Å². The second-order valence-corrected chi connectivity index (χ2v) is 8.24. The molecule has 2 rings (SSSR count). The average molecular weight is 378 g/mol. The predicted molar refractivity (Wildman–Crippen MR) is 99.9 cm³/mol. The molecule has 0 aliphatic carbocycles. The highest BCUT2D eigenvalue weighted by Crippen LogP contribution is 2.18. The number of rotatable bonds is 6. The van der Waals surface area contributed by atoms with Gasteiger partial charge < -0.3 is 5.32 Å². The zero-order valence-corrected chi connectivity index (χ0v) is 16.0. The average Bonchev–Trinajstić information content (AvgIpc) is 2.56. The van der Waals surface area contributed by atoms with Crippen molar-refractivity contribution in [2.24, 2.45) is 5.92 Å². The first-order valence-corrected chi connectivity index (χ1v) is 9.75. The van der Waals surface area contributed by atoms with Gasteiger partial charge in [-0.2, -0.15) is 4.72 Å². The molecule has 0 aliphatic rings. The van der Waals surface area contributed by atoms with Crippen LogP contribution >= 0.6 is 0 Å². The third-order valence-corrected chi connectivity index (χ3v) is 5.61. The van der Waals surface area contributed by atoms with Crippen molar-refractivity contribution in [3.8, 4) is 0 Å². The van der Waals surface area contributed by atoms with E-state index >= 15 is 0 Å². The summed E-state index contributed by atoms with van der Waals surface area (Å²) in [5.74, 6) is -1.69. The van der Waals surface area contributed by atoms with Crippen molar-refractivity contribution in [3.63, 3.8) is 0 Å². The molecule has 0 aliphatic heterocycles. The molecule has 0 bridgehead atoms. The highest BCUT2D eigenvalue weighted by atomic mass is 32.2. The number of hydrogen-bond donors (Lipinski definition) is 2. The molecule has 0 saturated carbocycles. The monoisotopic (exact) mass is 378 g/mol. The van der Waals surface area contributed by atoms with Crippen LogP contribution in [0.5, 0.6) is 0 Å². The summed E-state index contributed by atoms with van der Waals surface area (Å²) in [7, 11) is -4.17. The van der Waals surface area contributed by atoms with Gasteiger partial charge in [0.05, 0.1) is 0 Å². The normalized spacial score (nSPS) is 12.8. The summed E-state index contributed by atoms with van der Waals surface area (Å²) in [5, 5.41) is 2.72. The minimum Gasteiger partial charge on any atom is -0.325 e. The number of anilines is 1. The number of carbonyl (C=O) groups excluding carboxylic acids is 1. The number of hydrogen-bond acceptors (Lipinski definition) is 3. The molecule has 5 nitrogen and oxygen atoms in total. The van der Waals surface area contributed by atoms with Crippen molar-refractivity contribution in [1.82, 2.24) is 4.72 Å². The maximum Gasteiger partial charge on any atom is 0.244 e. The van der Waals surface area contributed by atoms with Gasteiger partial charge in [-0.05, 0) is 55.2 Å². The van der Waals surface area contributed by atoms with Crippen LogP contribution in [0.2, 0.25) is 0 Å². The molecule has 2 N–H and O–H groups in total. The zero-order valence-electron chi connectivity index (χ0n) is 15.2. The maximum atomic E-state index is 13.8. The topological polar surface area (TPSA) is 75.3 Å². The Balaban J connectivity index is 2.24. The lowest BCUT2D eigenvalue weighted by Crippen LogP contribution is -2.47. The van der Waals surface area contributed by atoms with Crippen molar-refractivity contribution in [2.45, 2.75) is 38.6 Å². The standard InChI is InChI=1S/C19H23FN2O3S/c1-12(2)18(19(23)21-15-10-9-13(3)14(4)11-15)22-26(24,25)17-8-6-5-7-16(17)20/h5-12,18,22H,1-4H3,(H,21,23)/t18-/m0/s1. The van der Waals surface area contributed by atoms with Gasteiger partial charge in [-0.1, -0.05) is 32.0 Å². The van der Waals surface area contributed by atoms with Gasteiger partial charge in [-0.3, -0.25) is 4.79 Å². The van der Waals surface area contributed by atoms with Crippen molar-refractivity contribution in [3.05, 3.63) is 59.4 Å². The van der Waals surface area contributed by atoms with E-state index in [1.165, 1.54) is 12.1 Å². The van der Waals surface area contributed by atoms with E-state index in [-0.39, 0.29) is 5.92 Å². The van der Waals surface area contributed by atoms with Crippen LogP contribution in [0.1, 0.15) is 25.0 Å². The van der Waals surface area contributed by atoms with Crippen molar-refractivity contribution < 1.29 is 17.6 Å². The maximum absolute atomic E-state index is 13.8. The molecule has 2 aromatic rings. The molecule has 1 amide bonds. The van der Waals surface area contributed by atoms with Crippen LogP contribution in [0.3, 0.4) is 0 Å². The van der Waals surface area contributed by atoms with Gasteiger partial charge in [0.15, 0.2) is 0 Å². The fourth-order valence-electron chi connectivity index (χ4n) is 2.42. The first-order valence-electron chi connectivity index (χ1n) is 8.27. The molecular weight excluding hydrogens is 355 g/mol. The number of carbonyl (C=O) groups is 1. The number of sulfonamides is 1. The highest BCUT2D eigenvalue weighted by molar-refractivity contribution is 7.89. The van der Waals surface area contributed by atoms with E-state index < -0.39 is 32.7 Å². The molecule has 0 saturated heterocycles. The second kappa shape index (κ2) is 7.97. The third kappa shape index (κ3) is 4.68. The summed E-state index contributed by atoms with van der Waals surface area (Å²) < 4.78 is 41.1. The lowest BCUT2D eigenvalue weighted by Gasteiger charge is -2.22. The fraction of sp³-hybridized carbons (Fsp3) is 0.316. The Hall–Kier alpha value is -2.25. The molecule has 0 aromatic heterocycles. The van der Waals surface area contributed by atoms with E-state index in [4.69, 9.17) is 0 Å². The Morgan fingerprint density at radius 2 is 1.69 bits per heavy atom. The minimum atomic E-state index is -4.17. The van der Waals surface area contributed by atoms with Crippen LogP contribution in [-0.2, 0) is 14.8 Å². The lowest BCUT2D eigenvalue weighted by atomic mass is 10.0. The van der Waals surface area contributed by atoms with E-state index in [0.717, 1.165) is 23.3 Å². The van der Waals surface area contributed by atoms with E-state index in [1.807, 2.05) is 26.0 Å². The molecule has 0 unspecified atom stereocenters. The summed E-state index contributed by atoms with van der Waals surface area (Å²) in [6, 6.07) is 9.46. The van der Waals surface area contributed by atoms with Crippen LogP contribution in [0.15, 0.2) is 47.4 Å². The summed E-state index contributed by atoms with van der Waals surface area (Å²) in [4.78, 5) is 12.1. The first kappa shape index (κ1) is 20.1. The van der Waals surface area contributed by atoms with Crippen molar-refractivity contribution in [2.75, 3.05) is 5.32 Å². The Labute approximate surface area is 153 Å². The number of aryl methyl sites for hydroxylation is 2. The minimum absolute atomic E-state index is 0.330. The van der Waals surface area contributed by atoms with Gasteiger partial charge in [0.2, 0.25) is 15.9 Å². The fourth-order valence-corrected chi connectivity index (χ4v) is 3.85. The first-order chi connectivity index (χ1) is 12.1. The lowest BCUT2D eigenvalue weighted by molar-refractivity contribution is -0.118.